The summed E-state index contributed by atoms with van der Waals surface area (Å²) >= 11 is 0. The smallest absolute Gasteiger partial charge is 0.411 e. The summed E-state index contributed by atoms with van der Waals surface area (Å²) < 4.78 is 2.06. The van der Waals surface area contributed by atoms with Crippen LogP contribution in [0.3, 0.4) is 0 Å². The number of amides is 1. The molecule has 3 heterocycles. The molecule has 0 aliphatic carbocycles. The standard InChI is InChI=1S/C18H19N5O2/c1-10(2)23-8-13(15-16(19)20-9-21-17(15)23)12-4-3-11-5-6-22(18(24)25)14(11)7-12/h3-4,7-10H,5-6H2,1-2H3,(H,24,25)(H2,19,20,21). The van der Waals surface area contributed by atoms with E-state index in [0.29, 0.717) is 12.4 Å². The Kier molecular flexibility index (Phi) is 3.38. The van der Waals surface area contributed by atoms with E-state index in [1.807, 2.05) is 24.4 Å². The minimum absolute atomic E-state index is 0.218. The average molecular weight is 337 g/mol. The number of anilines is 2. The Morgan fingerprint density at radius 1 is 1.32 bits per heavy atom. The van der Waals surface area contributed by atoms with E-state index < -0.39 is 6.09 Å². The summed E-state index contributed by atoms with van der Waals surface area (Å²) in [5.41, 5.74) is 10.5. The monoisotopic (exact) mass is 337 g/mol. The van der Waals surface area contributed by atoms with Crippen molar-refractivity contribution in [3.63, 3.8) is 0 Å². The molecule has 0 saturated carbocycles. The highest BCUT2D eigenvalue weighted by Crippen LogP contribution is 2.38. The van der Waals surface area contributed by atoms with Crippen LogP contribution < -0.4 is 10.6 Å². The van der Waals surface area contributed by atoms with Crippen molar-refractivity contribution in [1.82, 2.24) is 14.5 Å². The topological polar surface area (TPSA) is 97.3 Å². The zero-order valence-electron chi connectivity index (χ0n) is 14.1. The van der Waals surface area contributed by atoms with Crippen LogP contribution in [0.1, 0.15) is 25.5 Å². The first kappa shape index (κ1) is 15.4. The first-order chi connectivity index (χ1) is 12.0. The number of carboxylic acid groups (broad SMARTS) is 1. The quantitative estimate of drug-likeness (QED) is 0.748. The number of rotatable bonds is 2. The van der Waals surface area contributed by atoms with Gasteiger partial charge in [-0.05, 0) is 37.5 Å². The Balaban J connectivity index is 1.94. The summed E-state index contributed by atoms with van der Waals surface area (Å²) in [5, 5.41) is 10.2. The zero-order chi connectivity index (χ0) is 17.7. The van der Waals surface area contributed by atoms with Crippen molar-refractivity contribution < 1.29 is 9.90 Å². The Morgan fingerprint density at radius 3 is 2.84 bits per heavy atom. The molecule has 0 radical (unpaired) electrons. The molecule has 0 atom stereocenters. The second-order valence-corrected chi connectivity index (χ2v) is 6.53. The molecule has 4 rings (SSSR count). The third-order valence-corrected chi connectivity index (χ3v) is 4.72. The van der Waals surface area contributed by atoms with Gasteiger partial charge in [-0.25, -0.2) is 14.8 Å². The van der Waals surface area contributed by atoms with Gasteiger partial charge in [0.1, 0.15) is 17.8 Å². The van der Waals surface area contributed by atoms with Crippen molar-refractivity contribution in [2.24, 2.45) is 0 Å². The number of aromatic nitrogens is 3. The number of nitrogen functional groups attached to an aromatic ring is 1. The van der Waals surface area contributed by atoms with Gasteiger partial charge in [0.2, 0.25) is 0 Å². The molecule has 25 heavy (non-hydrogen) atoms. The highest BCUT2D eigenvalue weighted by Gasteiger charge is 2.25. The van der Waals surface area contributed by atoms with E-state index in [2.05, 4.69) is 28.4 Å². The third kappa shape index (κ3) is 2.31. The number of fused-ring (bicyclic) bond motifs is 2. The highest BCUT2D eigenvalue weighted by molar-refractivity contribution is 6.01. The molecule has 0 fully saturated rings. The summed E-state index contributed by atoms with van der Waals surface area (Å²) in [6.07, 6.45) is 3.29. The van der Waals surface area contributed by atoms with E-state index in [1.165, 1.54) is 11.2 Å². The van der Waals surface area contributed by atoms with Crippen LogP contribution in [0, 0.1) is 0 Å². The van der Waals surface area contributed by atoms with Crippen molar-refractivity contribution >= 4 is 28.6 Å². The number of hydrogen-bond acceptors (Lipinski definition) is 4. The van der Waals surface area contributed by atoms with Crippen LogP contribution in [-0.2, 0) is 6.42 Å². The molecule has 2 aromatic heterocycles. The van der Waals surface area contributed by atoms with Crippen LogP contribution in [0.25, 0.3) is 22.2 Å². The zero-order valence-corrected chi connectivity index (χ0v) is 14.1. The molecular formula is C18H19N5O2. The highest BCUT2D eigenvalue weighted by atomic mass is 16.4. The molecule has 1 aliphatic rings. The number of nitrogens with zero attached hydrogens (tertiary/aromatic N) is 4. The molecule has 7 nitrogen and oxygen atoms in total. The van der Waals surface area contributed by atoms with Gasteiger partial charge in [0.15, 0.2) is 0 Å². The van der Waals surface area contributed by atoms with Crippen molar-refractivity contribution in [3.05, 3.63) is 36.3 Å². The molecule has 0 bridgehead atoms. The summed E-state index contributed by atoms with van der Waals surface area (Å²) in [7, 11) is 0. The molecule has 0 unspecified atom stereocenters. The SMILES string of the molecule is CC(C)n1cc(-c2ccc3c(c2)N(C(=O)O)CC3)c2c(N)ncnc21. The van der Waals surface area contributed by atoms with E-state index in [-0.39, 0.29) is 6.04 Å². The fourth-order valence-corrected chi connectivity index (χ4v) is 3.47. The second kappa shape index (κ2) is 5.47. The largest absolute Gasteiger partial charge is 0.465 e. The lowest BCUT2D eigenvalue weighted by Gasteiger charge is -2.13. The van der Waals surface area contributed by atoms with Gasteiger partial charge < -0.3 is 15.4 Å². The van der Waals surface area contributed by atoms with Crippen LogP contribution in [0.2, 0.25) is 0 Å². The summed E-state index contributed by atoms with van der Waals surface area (Å²) in [5.74, 6) is 0.426. The Morgan fingerprint density at radius 2 is 2.12 bits per heavy atom. The fraction of sp³-hybridized carbons (Fsp3) is 0.278. The van der Waals surface area contributed by atoms with Gasteiger partial charge in [-0.2, -0.15) is 0 Å². The molecule has 1 aliphatic heterocycles. The van der Waals surface area contributed by atoms with Crippen molar-refractivity contribution in [2.75, 3.05) is 17.2 Å². The van der Waals surface area contributed by atoms with E-state index in [1.54, 1.807) is 0 Å². The average Bonchev–Trinajstić information content (AvgIpc) is 3.16. The van der Waals surface area contributed by atoms with Crippen LogP contribution in [0.4, 0.5) is 16.3 Å². The van der Waals surface area contributed by atoms with Gasteiger partial charge in [-0.1, -0.05) is 12.1 Å². The van der Waals surface area contributed by atoms with Crippen LogP contribution >= 0.6 is 0 Å². The molecule has 0 saturated heterocycles. The molecule has 1 aromatic carbocycles. The van der Waals surface area contributed by atoms with Crippen LogP contribution in [0.5, 0.6) is 0 Å². The molecule has 3 N–H and O–H groups in total. The summed E-state index contributed by atoms with van der Waals surface area (Å²) in [4.78, 5) is 21.4. The van der Waals surface area contributed by atoms with Gasteiger partial charge in [-0.3, -0.25) is 4.90 Å². The Labute approximate surface area is 144 Å². The maximum Gasteiger partial charge on any atom is 0.411 e. The van der Waals surface area contributed by atoms with Crippen molar-refractivity contribution in [1.29, 1.82) is 0 Å². The molecule has 128 valence electrons. The fourth-order valence-electron chi connectivity index (χ4n) is 3.47. The second-order valence-electron chi connectivity index (χ2n) is 6.53. The lowest BCUT2D eigenvalue weighted by molar-refractivity contribution is 0.202. The Hall–Kier alpha value is -3.09. The summed E-state index contributed by atoms with van der Waals surface area (Å²) in [6.45, 7) is 4.65. The molecule has 3 aromatic rings. The van der Waals surface area contributed by atoms with Crippen LogP contribution in [0.15, 0.2) is 30.7 Å². The predicted molar refractivity (Wildman–Crippen MR) is 96.8 cm³/mol. The van der Waals surface area contributed by atoms with Gasteiger partial charge in [0, 0.05) is 24.3 Å². The van der Waals surface area contributed by atoms with E-state index in [0.717, 1.165) is 39.8 Å². The predicted octanol–water partition coefficient (Wildman–Crippen LogP) is 3.30. The number of hydrogen-bond donors (Lipinski definition) is 2. The maximum absolute atomic E-state index is 11.5. The molecular weight excluding hydrogens is 318 g/mol. The third-order valence-electron chi connectivity index (χ3n) is 4.72. The van der Waals surface area contributed by atoms with E-state index in [4.69, 9.17) is 5.73 Å². The van der Waals surface area contributed by atoms with E-state index in [9.17, 15) is 9.90 Å². The molecule has 1 amide bonds. The maximum atomic E-state index is 11.5. The lowest BCUT2D eigenvalue weighted by Crippen LogP contribution is -2.26. The number of carbonyl (C=O) groups is 1. The van der Waals surface area contributed by atoms with Gasteiger partial charge >= 0.3 is 6.09 Å². The first-order valence-corrected chi connectivity index (χ1v) is 8.22. The summed E-state index contributed by atoms with van der Waals surface area (Å²) in [6, 6.07) is 6.14. The van der Waals surface area contributed by atoms with Gasteiger partial charge in [-0.15, -0.1) is 0 Å². The minimum atomic E-state index is -0.927. The molecule has 0 spiro atoms. The normalized spacial score (nSPS) is 13.6. The van der Waals surface area contributed by atoms with Crippen LogP contribution in [-0.4, -0.2) is 32.3 Å². The van der Waals surface area contributed by atoms with Gasteiger partial charge in [0.05, 0.1) is 11.1 Å². The molecule has 7 heteroatoms. The Bertz CT molecular complexity index is 993. The number of benzene rings is 1. The minimum Gasteiger partial charge on any atom is -0.465 e. The number of nitrogens with two attached hydrogens (primary N) is 1. The van der Waals surface area contributed by atoms with E-state index >= 15 is 0 Å². The lowest BCUT2D eigenvalue weighted by atomic mass is 10.0. The van der Waals surface area contributed by atoms with Gasteiger partial charge in [0.25, 0.3) is 0 Å². The van der Waals surface area contributed by atoms with Crippen molar-refractivity contribution in [2.45, 2.75) is 26.3 Å². The van der Waals surface area contributed by atoms with Crippen molar-refractivity contribution in [3.8, 4) is 11.1 Å². The first-order valence-electron chi connectivity index (χ1n) is 8.22.